The predicted molar refractivity (Wildman–Crippen MR) is 134 cm³/mol. The van der Waals surface area contributed by atoms with Crippen LogP contribution in [0.4, 0.5) is 29.3 Å². The molecule has 4 N–H and O–H groups in total. The van der Waals surface area contributed by atoms with Crippen molar-refractivity contribution < 1.29 is 26.0 Å². The first kappa shape index (κ1) is 25.8. The third kappa shape index (κ3) is 5.11. The Labute approximate surface area is 215 Å². The molecule has 198 valence electrons. The lowest BCUT2D eigenvalue weighted by Crippen LogP contribution is -2.39. The first-order valence-corrected chi connectivity index (χ1v) is 13.1. The maximum Gasteiger partial charge on any atom is 0.411 e. The molecule has 1 aliphatic carbocycles. The number of hydrogen-bond acceptors (Lipinski definition) is 7. The number of fused-ring (bicyclic) bond motifs is 1. The fraction of sp³-hybridized carbons (Fsp3) is 0.240. The maximum absolute atomic E-state index is 13.8. The first-order valence-electron chi connectivity index (χ1n) is 11.5. The Hall–Kier alpha value is -3.84. The van der Waals surface area contributed by atoms with E-state index < -0.39 is 33.6 Å². The van der Waals surface area contributed by atoms with Gasteiger partial charge in [0.05, 0.1) is 22.1 Å². The van der Waals surface area contributed by atoms with Crippen molar-refractivity contribution in [2.75, 3.05) is 10.6 Å². The Balaban J connectivity index is 1.52. The van der Waals surface area contributed by atoms with E-state index in [1.54, 1.807) is 31.2 Å². The summed E-state index contributed by atoms with van der Waals surface area (Å²) in [6.07, 6.45) is -4.70. The monoisotopic (exact) mass is 546 g/mol. The van der Waals surface area contributed by atoms with E-state index >= 15 is 0 Å². The van der Waals surface area contributed by atoms with Crippen molar-refractivity contribution in [2.24, 2.45) is 5.14 Å². The van der Waals surface area contributed by atoms with Crippen LogP contribution in [0.2, 0.25) is 0 Å². The lowest BCUT2D eigenvalue weighted by atomic mass is 10.1. The van der Waals surface area contributed by atoms with E-state index in [2.05, 4.69) is 25.6 Å². The number of benzene rings is 2. The van der Waals surface area contributed by atoms with Gasteiger partial charge in [0.25, 0.3) is 0 Å². The van der Waals surface area contributed by atoms with Gasteiger partial charge in [-0.25, -0.2) is 27.9 Å². The molecule has 0 aliphatic heterocycles. The summed E-state index contributed by atoms with van der Waals surface area (Å²) in [6, 6.07) is 14.2. The molecule has 0 radical (unpaired) electrons. The number of primary sulfonamides is 1. The van der Waals surface area contributed by atoms with Crippen LogP contribution in [0.15, 0.2) is 65.6 Å². The van der Waals surface area contributed by atoms with Gasteiger partial charge in [-0.1, -0.05) is 12.1 Å². The lowest BCUT2D eigenvalue weighted by Gasteiger charge is -2.23. The van der Waals surface area contributed by atoms with Crippen LogP contribution in [-0.4, -0.2) is 35.1 Å². The molecule has 4 aromatic rings. The lowest BCUT2D eigenvalue weighted by molar-refractivity contribution is -0.151. The number of alkyl halides is 3. The molecule has 13 heteroatoms. The average Bonchev–Trinajstić information content (AvgIpc) is 3.65. The van der Waals surface area contributed by atoms with Gasteiger partial charge in [-0.3, -0.25) is 0 Å². The molecular weight excluding hydrogens is 524 g/mol. The van der Waals surface area contributed by atoms with Crippen molar-refractivity contribution in [3.05, 3.63) is 72.0 Å². The topological polar surface area (TPSA) is 123 Å². The Morgan fingerprint density at radius 1 is 0.947 bits per heavy atom. The standard InChI is InChI=1S/C25H22F4N6O2S/c1-14(15-4-8-18(9-5-15)38(30,36)37)31-23-33-20-11-10-19(16-2-6-17(26)7-3-16)32-21(20)22(34-23)35-24(12-13-24)25(27,28)29/h2-11,14H,12-13H2,1H3,(H2,30,36,37)(H2,31,33,34,35). The van der Waals surface area contributed by atoms with Gasteiger partial charge in [-0.05, 0) is 73.9 Å². The van der Waals surface area contributed by atoms with Crippen molar-refractivity contribution in [3.63, 3.8) is 0 Å². The van der Waals surface area contributed by atoms with Gasteiger partial charge in [-0.15, -0.1) is 0 Å². The summed E-state index contributed by atoms with van der Waals surface area (Å²) in [5.74, 6) is -0.462. The summed E-state index contributed by atoms with van der Waals surface area (Å²) in [5, 5.41) is 10.8. The summed E-state index contributed by atoms with van der Waals surface area (Å²) < 4.78 is 77.8. The second-order valence-corrected chi connectivity index (χ2v) is 10.7. The largest absolute Gasteiger partial charge is 0.411 e. The van der Waals surface area contributed by atoms with Crippen LogP contribution in [0.25, 0.3) is 22.3 Å². The van der Waals surface area contributed by atoms with Gasteiger partial charge in [-0.2, -0.15) is 18.2 Å². The second-order valence-electron chi connectivity index (χ2n) is 9.15. The van der Waals surface area contributed by atoms with Crippen LogP contribution >= 0.6 is 0 Å². The van der Waals surface area contributed by atoms with Crippen LogP contribution in [0.1, 0.15) is 31.4 Å². The van der Waals surface area contributed by atoms with E-state index in [1.165, 1.54) is 36.4 Å². The fourth-order valence-corrected chi connectivity index (χ4v) is 4.52. The molecule has 1 aliphatic rings. The maximum atomic E-state index is 13.8. The van der Waals surface area contributed by atoms with Crippen LogP contribution in [0.3, 0.4) is 0 Å². The summed E-state index contributed by atoms with van der Waals surface area (Å²) in [5.41, 5.74) is 0.00637. The molecule has 1 saturated carbocycles. The molecule has 0 bridgehead atoms. The van der Waals surface area contributed by atoms with Gasteiger partial charge in [0, 0.05) is 5.56 Å². The van der Waals surface area contributed by atoms with Crippen molar-refractivity contribution in [3.8, 4) is 11.3 Å². The SMILES string of the molecule is CC(Nc1nc(NC2(C(F)(F)F)CC2)c2nc(-c3ccc(F)cc3)ccc2n1)c1ccc(S(N)(=O)=O)cc1. The van der Waals surface area contributed by atoms with Crippen LogP contribution in [0.5, 0.6) is 0 Å². The minimum atomic E-state index is -4.50. The quantitative estimate of drug-likeness (QED) is 0.274. The zero-order chi connectivity index (χ0) is 27.3. The zero-order valence-electron chi connectivity index (χ0n) is 19.9. The van der Waals surface area contributed by atoms with E-state index in [1.807, 2.05) is 0 Å². The molecule has 1 fully saturated rings. The highest BCUT2D eigenvalue weighted by atomic mass is 32.2. The van der Waals surface area contributed by atoms with E-state index in [4.69, 9.17) is 5.14 Å². The van der Waals surface area contributed by atoms with Crippen molar-refractivity contribution in [1.82, 2.24) is 15.0 Å². The highest BCUT2D eigenvalue weighted by Gasteiger charge is 2.64. The summed E-state index contributed by atoms with van der Waals surface area (Å²) in [6.45, 7) is 1.76. The molecule has 2 aromatic carbocycles. The van der Waals surface area contributed by atoms with E-state index in [-0.39, 0.29) is 35.0 Å². The molecule has 1 atom stereocenters. The molecule has 8 nitrogen and oxygen atoms in total. The highest BCUT2D eigenvalue weighted by Crippen LogP contribution is 2.51. The Morgan fingerprint density at radius 3 is 2.18 bits per heavy atom. The number of pyridine rings is 1. The van der Waals surface area contributed by atoms with Crippen LogP contribution in [-0.2, 0) is 10.0 Å². The number of halogens is 4. The van der Waals surface area contributed by atoms with Crippen LogP contribution in [0, 0.1) is 5.82 Å². The summed E-state index contributed by atoms with van der Waals surface area (Å²) in [7, 11) is -3.85. The third-order valence-electron chi connectivity index (χ3n) is 6.39. The number of sulfonamides is 1. The minimum Gasteiger partial charge on any atom is -0.354 e. The second kappa shape index (κ2) is 9.17. The molecule has 2 heterocycles. The van der Waals surface area contributed by atoms with Crippen molar-refractivity contribution >= 4 is 32.8 Å². The minimum absolute atomic E-state index is 0.0493. The molecule has 0 amide bonds. The predicted octanol–water partition coefficient (Wildman–Crippen LogP) is 5.16. The highest BCUT2D eigenvalue weighted by molar-refractivity contribution is 7.89. The molecule has 5 rings (SSSR count). The smallest absolute Gasteiger partial charge is 0.354 e. The average molecular weight is 547 g/mol. The molecule has 38 heavy (non-hydrogen) atoms. The normalized spacial score (nSPS) is 15.7. The Kier molecular flexibility index (Phi) is 6.22. The van der Waals surface area contributed by atoms with Gasteiger partial charge >= 0.3 is 6.18 Å². The molecule has 1 unspecified atom stereocenters. The number of anilines is 2. The zero-order valence-corrected chi connectivity index (χ0v) is 20.7. The van der Waals surface area contributed by atoms with E-state index in [0.717, 1.165) is 0 Å². The summed E-state index contributed by atoms with van der Waals surface area (Å²) in [4.78, 5) is 13.2. The summed E-state index contributed by atoms with van der Waals surface area (Å²) >= 11 is 0. The van der Waals surface area contributed by atoms with E-state index in [9.17, 15) is 26.0 Å². The third-order valence-corrected chi connectivity index (χ3v) is 7.32. The Morgan fingerprint density at radius 2 is 1.61 bits per heavy atom. The number of nitrogens with two attached hydrogens (primary N) is 1. The first-order chi connectivity index (χ1) is 17.8. The number of rotatable bonds is 7. The van der Waals surface area contributed by atoms with Gasteiger partial charge in [0.15, 0.2) is 5.82 Å². The molecular formula is C25H22F4N6O2S. The van der Waals surface area contributed by atoms with Gasteiger partial charge < -0.3 is 10.6 Å². The fourth-order valence-electron chi connectivity index (χ4n) is 4.00. The van der Waals surface area contributed by atoms with Crippen LogP contribution < -0.4 is 15.8 Å². The van der Waals surface area contributed by atoms with E-state index in [0.29, 0.717) is 22.3 Å². The van der Waals surface area contributed by atoms with Crippen molar-refractivity contribution in [1.29, 1.82) is 0 Å². The Bertz CT molecular complexity index is 1610. The number of nitrogens with one attached hydrogen (secondary N) is 2. The molecule has 0 saturated heterocycles. The van der Waals surface area contributed by atoms with Gasteiger partial charge in [0.2, 0.25) is 16.0 Å². The van der Waals surface area contributed by atoms with Gasteiger partial charge in [0.1, 0.15) is 16.9 Å². The van der Waals surface area contributed by atoms with Crippen molar-refractivity contribution in [2.45, 2.75) is 42.4 Å². The molecule has 2 aromatic heterocycles. The number of aromatic nitrogens is 3. The number of nitrogens with zero attached hydrogens (tertiary/aromatic N) is 3. The number of hydrogen-bond donors (Lipinski definition) is 3. The molecule has 0 spiro atoms.